The molecule has 0 aliphatic carbocycles. The average Bonchev–Trinajstić information content (AvgIpc) is 3.45. The third kappa shape index (κ3) is 7.35. The number of likely N-dealkylation sites (N-methyl/N-ethyl adjacent to an activating group) is 1. The SMILES string of the molecule is CN1CCN(c2ccc(C(=O)Nc3n[nH]c4cc(-c5cc(O)cc(F)c5)c(Cc5cc(F)cc(F)c5)cc34)c(NC3CCOCC3)c2)CC1. The highest BCUT2D eigenvalue weighted by molar-refractivity contribution is 6.11. The maximum absolute atomic E-state index is 14.4. The number of amides is 1. The Kier molecular flexibility index (Phi) is 9.15. The van der Waals surface area contributed by atoms with Crippen LogP contribution in [-0.4, -0.2) is 78.6 Å². The Hall–Kier alpha value is -5.07. The van der Waals surface area contributed by atoms with Crippen LogP contribution >= 0.6 is 0 Å². The van der Waals surface area contributed by atoms with Crippen molar-refractivity contribution in [3.63, 3.8) is 0 Å². The average molecular weight is 671 g/mol. The van der Waals surface area contributed by atoms with E-state index < -0.39 is 17.5 Å². The van der Waals surface area contributed by atoms with Crippen LogP contribution in [0.15, 0.2) is 66.7 Å². The lowest BCUT2D eigenvalue weighted by atomic mass is 9.93. The number of aromatic nitrogens is 2. The van der Waals surface area contributed by atoms with Gasteiger partial charge in [-0.1, -0.05) is 0 Å². The van der Waals surface area contributed by atoms with E-state index in [4.69, 9.17) is 4.74 Å². The number of carbonyl (C=O) groups excluding carboxylic acids is 1. The number of phenols is 1. The summed E-state index contributed by atoms with van der Waals surface area (Å²) in [4.78, 5) is 18.6. The lowest BCUT2D eigenvalue weighted by Crippen LogP contribution is -2.44. The number of rotatable bonds is 8. The number of piperazine rings is 1. The number of H-pyrrole nitrogens is 1. The van der Waals surface area contributed by atoms with Crippen molar-refractivity contribution in [1.82, 2.24) is 15.1 Å². The Morgan fingerprint density at radius 1 is 0.939 bits per heavy atom. The second kappa shape index (κ2) is 13.8. The molecular formula is C37H37F3N6O3. The Morgan fingerprint density at radius 2 is 1.67 bits per heavy atom. The summed E-state index contributed by atoms with van der Waals surface area (Å²) in [5.74, 6) is -2.44. The van der Waals surface area contributed by atoms with E-state index in [1.54, 1.807) is 12.1 Å². The van der Waals surface area contributed by atoms with E-state index in [0.29, 0.717) is 51.9 Å². The van der Waals surface area contributed by atoms with Gasteiger partial charge < -0.3 is 30.3 Å². The van der Waals surface area contributed by atoms with Gasteiger partial charge in [-0.2, -0.15) is 5.10 Å². The number of halogens is 3. The molecule has 49 heavy (non-hydrogen) atoms. The number of hydrogen-bond donors (Lipinski definition) is 4. The fraction of sp³-hybridized carbons (Fsp3) is 0.297. The van der Waals surface area contributed by atoms with Gasteiger partial charge in [-0.15, -0.1) is 0 Å². The first kappa shape index (κ1) is 32.5. The summed E-state index contributed by atoms with van der Waals surface area (Å²) < 4.78 is 48.3. The lowest BCUT2D eigenvalue weighted by Gasteiger charge is -2.34. The number of aromatic amines is 1. The highest BCUT2D eigenvalue weighted by atomic mass is 19.1. The van der Waals surface area contributed by atoms with Crippen LogP contribution in [-0.2, 0) is 11.2 Å². The molecule has 12 heteroatoms. The molecule has 2 fully saturated rings. The molecule has 3 heterocycles. The molecule has 7 rings (SSSR count). The normalized spacial score (nSPS) is 15.9. The number of hydrogen-bond acceptors (Lipinski definition) is 7. The summed E-state index contributed by atoms with van der Waals surface area (Å²) in [5, 5.41) is 24.6. The third-order valence-electron chi connectivity index (χ3n) is 9.23. The molecule has 4 aromatic carbocycles. The molecule has 0 bridgehead atoms. The standard InChI is InChI=1S/C37H37F3N6O3/c1-45-6-8-46(9-7-45)29-2-3-31(34(20-29)41-28-4-10-49-11-5-28)37(48)42-36-33-17-23(12-22-13-25(38)18-26(39)14-22)32(21-35(33)43-44-36)24-15-27(40)19-30(47)16-24/h2-3,13-21,28,41,47H,4-12H2,1H3,(H2,42,43,44,48). The lowest BCUT2D eigenvalue weighted by molar-refractivity contribution is 0.0904. The maximum atomic E-state index is 14.4. The molecule has 4 N–H and O–H groups in total. The van der Waals surface area contributed by atoms with Crippen LogP contribution in [0.3, 0.4) is 0 Å². The van der Waals surface area contributed by atoms with Crippen molar-refractivity contribution in [1.29, 1.82) is 0 Å². The minimum atomic E-state index is -0.721. The van der Waals surface area contributed by atoms with E-state index in [-0.39, 0.29) is 29.9 Å². The first-order chi connectivity index (χ1) is 23.7. The number of nitrogens with zero attached hydrogens (tertiary/aromatic N) is 3. The Balaban J connectivity index is 1.24. The zero-order valence-corrected chi connectivity index (χ0v) is 27.0. The fourth-order valence-electron chi connectivity index (χ4n) is 6.63. The molecule has 2 saturated heterocycles. The van der Waals surface area contributed by atoms with Crippen LogP contribution in [0.4, 0.5) is 30.4 Å². The highest BCUT2D eigenvalue weighted by Crippen LogP contribution is 2.35. The first-order valence-corrected chi connectivity index (χ1v) is 16.4. The van der Waals surface area contributed by atoms with Crippen molar-refractivity contribution in [2.75, 3.05) is 62.0 Å². The second-order valence-electron chi connectivity index (χ2n) is 12.8. The first-order valence-electron chi connectivity index (χ1n) is 16.4. The van der Waals surface area contributed by atoms with Gasteiger partial charge in [0.1, 0.15) is 23.2 Å². The van der Waals surface area contributed by atoms with Crippen LogP contribution in [0.5, 0.6) is 5.75 Å². The maximum Gasteiger partial charge on any atom is 0.258 e. The molecule has 0 atom stereocenters. The van der Waals surface area contributed by atoms with Crippen LogP contribution < -0.4 is 15.5 Å². The quantitative estimate of drug-likeness (QED) is 0.149. The van der Waals surface area contributed by atoms with Crippen molar-refractivity contribution >= 4 is 34.0 Å². The minimum absolute atomic E-state index is 0.0860. The van der Waals surface area contributed by atoms with E-state index in [1.165, 1.54) is 24.3 Å². The molecule has 0 saturated carbocycles. The van der Waals surface area contributed by atoms with Gasteiger partial charge >= 0.3 is 0 Å². The summed E-state index contributed by atoms with van der Waals surface area (Å²) in [5.41, 5.74) is 4.60. The summed E-state index contributed by atoms with van der Waals surface area (Å²) in [6.07, 6.45) is 1.74. The van der Waals surface area contributed by atoms with E-state index in [1.807, 2.05) is 18.2 Å². The Labute approximate surface area is 281 Å². The summed E-state index contributed by atoms with van der Waals surface area (Å²) in [6.45, 7) is 4.99. The zero-order chi connectivity index (χ0) is 34.1. The van der Waals surface area contributed by atoms with E-state index in [0.717, 1.165) is 62.5 Å². The van der Waals surface area contributed by atoms with Gasteiger partial charge in [0.25, 0.3) is 5.91 Å². The van der Waals surface area contributed by atoms with Crippen LogP contribution in [0.25, 0.3) is 22.0 Å². The van der Waals surface area contributed by atoms with Gasteiger partial charge in [-0.25, -0.2) is 13.2 Å². The number of ether oxygens (including phenoxy) is 1. The second-order valence-corrected chi connectivity index (χ2v) is 12.8. The molecule has 2 aliphatic heterocycles. The predicted octanol–water partition coefficient (Wildman–Crippen LogP) is 6.54. The molecule has 9 nitrogen and oxygen atoms in total. The van der Waals surface area contributed by atoms with Crippen molar-refractivity contribution in [2.24, 2.45) is 0 Å². The molecule has 2 aliphatic rings. The van der Waals surface area contributed by atoms with Crippen LogP contribution in [0.2, 0.25) is 0 Å². The predicted molar refractivity (Wildman–Crippen MR) is 184 cm³/mol. The highest BCUT2D eigenvalue weighted by Gasteiger charge is 2.23. The van der Waals surface area contributed by atoms with Gasteiger partial charge in [-0.3, -0.25) is 9.89 Å². The van der Waals surface area contributed by atoms with Gasteiger partial charge in [0.05, 0.1) is 11.1 Å². The van der Waals surface area contributed by atoms with Crippen molar-refractivity contribution in [2.45, 2.75) is 25.3 Å². The molecule has 0 spiro atoms. The number of nitrogens with one attached hydrogen (secondary N) is 3. The number of anilines is 3. The van der Waals surface area contributed by atoms with Crippen molar-refractivity contribution in [3.8, 4) is 16.9 Å². The molecule has 1 aromatic heterocycles. The van der Waals surface area contributed by atoms with E-state index in [2.05, 4.69) is 37.7 Å². The number of phenolic OH excluding ortho intramolecular Hbond substituents is 1. The fourth-order valence-corrected chi connectivity index (χ4v) is 6.63. The monoisotopic (exact) mass is 670 g/mol. The molecule has 0 unspecified atom stereocenters. The van der Waals surface area contributed by atoms with Crippen LogP contribution in [0.1, 0.15) is 34.3 Å². The molecule has 5 aromatic rings. The number of benzene rings is 4. The van der Waals surface area contributed by atoms with Gasteiger partial charge in [0.2, 0.25) is 0 Å². The van der Waals surface area contributed by atoms with Crippen molar-refractivity contribution in [3.05, 3.63) is 101 Å². The van der Waals surface area contributed by atoms with Crippen molar-refractivity contribution < 1.29 is 27.8 Å². The summed E-state index contributed by atoms with van der Waals surface area (Å²) in [7, 11) is 2.11. The van der Waals surface area contributed by atoms with Gasteiger partial charge in [0, 0.05) is 74.3 Å². The van der Waals surface area contributed by atoms with Gasteiger partial charge in [-0.05, 0) is 103 Å². The van der Waals surface area contributed by atoms with E-state index >= 15 is 0 Å². The third-order valence-corrected chi connectivity index (χ3v) is 9.23. The topological polar surface area (TPSA) is 106 Å². The zero-order valence-electron chi connectivity index (χ0n) is 27.0. The minimum Gasteiger partial charge on any atom is -0.508 e. The van der Waals surface area contributed by atoms with Crippen LogP contribution in [0, 0.1) is 17.5 Å². The summed E-state index contributed by atoms with van der Waals surface area (Å²) >= 11 is 0. The Morgan fingerprint density at radius 3 is 2.41 bits per heavy atom. The largest absolute Gasteiger partial charge is 0.508 e. The number of aromatic hydroxyl groups is 1. The number of carbonyl (C=O) groups is 1. The van der Waals surface area contributed by atoms with E-state index in [9.17, 15) is 23.1 Å². The summed E-state index contributed by atoms with van der Waals surface area (Å²) in [6, 6.07) is 16.4. The Bertz CT molecular complexity index is 1960. The molecule has 1 amide bonds. The number of fused-ring (bicyclic) bond motifs is 1. The molecular weight excluding hydrogens is 633 g/mol. The van der Waals surface area contributed by atoms with Gasteiger partial charge in [0.15, 0.2) is 5.82 Å². The molecule has 254 valence electrons. The smallest absolute Gasteiger partial charge is 0.258 e. The molecule has 0 radical (unpaired) electrons.